The lowest BCUT2D eigenvalue weighted by molar-refractivity contribution is -0.133. The summed E-state index contributed by atoms with van der Waals surface area (Å²) < 4.78 is 4.81. The van der Waals surface area contributed by atoms with Gasteiger partial charge in [0.1, 0.15) is 6.04 Å². The first-order valence-corrected chi connectivity index (χ1v) is 6.02. The van der Waals surface area contributed by atoms with Gasteiger partial charge in [0.2, 0.25) is 11.8 Å². The van der Waals surface area contributed by atoms with Gasteiger partial charge in [-0.1, -0.05) is 0 Å². The summed E-state index contributed by atoms with van der Waals surface area (Å²) in [5.41, 5.74) is -0.678. The quantitative estimate of drug-likeness (QED) is 0.520. The first-order valence-electron chi connectivity index (χ1n) is 5.48. The molecule has 0 aliphatic carbocycles. The van der Waals surface area contributed by atoms with E-state index in [9.17, 15) is 9.59 Å². The predicted octanol–water partition coefficient (Wildman–Crippen LogP) is 0.519. The second-order valence-electron chi connectivity index (χ2n) is 4.50. The van der Waals surface area contributed by atoms with E-state index in [2.05, 4.69) is 10.6 Å². The molecule has 0 saturated carbocycles. The van der Waals surface area contributed by atoms with Crippen molar-refractivity contribution in [1.82, 2.24) is 10.6 Å². The lowest BCUT2D eigenvalue weighted by Gasteiger charge is -2.23. The molecule has 0 heterocycles. The number of methoxy groups -OCH3 is 1. The number of amides is 2. The van der Waals surface area contributed by atoms with Gasteiger partial charge >= 0.3 is 0 Å². The van der Waals surface area contributed by atoms with Crippen molar-refractivity contribution in [2.24, 2.45) is 5.41 Å². The SMILES string of the molecule is COCCNC(=O)C(C)NC(=O)C(C)(C)CCl. The van der Waals surface area contributed by atoms with E-state index in [1.54, 1.807) is 27.9 Å². The average Bonchev–Trinajstić information content (AvgIpc) is 2.28. The van der Waals surface area contributed by atoms with Crippen LogP contribution in [0.5, 0.6) is 0 Å². The van der Waals surface area contributed by atoms with Crippen molar-refractivity contribution >= 4 is 23.4 Å². The molecular weight excluding hydrogens is 244 g/mol. The highest BCUT2D eigenvalue weighted by atomic mass is 35.5. The van der Waals surface area contributed by atoms with E-state index in [1.165, 1.54) is 0 Å². The maximum absolute atomic E-state index is 11.7. The first kappa shape index (κ1) is 16.2. The summed E-state index contributed by atoms with van der Waals surface area (Å²) in [6.45, 7) is 5.95. The molecule has 0 rings (SSSR count). The van der Waals surface area contributed by atoms with Crippen LogP contribution in [-0.2, 0) is 14.3 Å². The van der Waals surface area contributed by atoms with E-state index in [-0.39, 0.29) is 17.7 Å². The van der Waals surface area contributed by atoms with Crippen molar-refractivity contribution in [3.05, 3.63) is 0 Å². The zero-order chi connectivity index (χ0) is 13.5. The third-order valence-corrected chi connectivity index (χ3v) is 2.96. The lowest BCUT2D eigenvalue weighted by Crippen LogP contribution is -2.49. The van der Waals surface area contributed by atoms with Crippen LogP contribution in [0.2, 0.25) is 0 Å². The summed E-state index contributed by atoms with van der Waals surface area (Å²) in [5.74, 6) is -0.265. The molecule has 1 unspecified atom stereocenters. The molecular formula is C11H21ClN2O3. The van der Waals surface area contributed by atoms with Gasteiger partial charge in [-0.2, -0.15) is 0 Å². The summed E-state index contributed by atoms with van der Waals surface area (Å²) in [6.07, 6.45) is 0. The average molecular weight is 265 g/mol. The van der Waals surface area contributed by atoms with Gasteiger partial charge < -0.3 is 15.4 Å². The van der Waals surface area contributed by atoms with E-state index in [0.29, 0.717) is 13.2 Å². The smallest absolute Gasteiger partial charge is 0.242 e. The first-order chi connectivity index (χ1) is 7.85. The highest BCUT2D eigenvalue weighted by molar-refractivity contribution is 6.19. The van der Waals surface area contributed by atoms with Crippen molar-refractivity contribution in [3.63, 3.8) is 0 Å². The number of rotatable bonds is 7. The number of halogens is 1. The highest BCUT2D eigenvalue weighted by Gasteiger charge is 2.28. The molecule has 0 aliphatic heterocycles. The minimum Gasteiger partial charge on any atom is -0.383 e. The van der Waals surface area contributed by atoms with Crippen molar-refractivity contribution in [1.29, 1.82) is 0 Å². The number of nitrogens with one attached hydrogen (secondary N) is 2. The van der Waals surface area contributed by atoms with Crippen molar-refractivity contribution < 1.29 is 14.3 Å². The Morgan fingerprint density at radius 3 is 2.47 bits per heavy atom. The van der Waals surface area contributed by atoms with Crippen LogP contribution in [0.1, 0.15) is 20.8 Å². The standard InChI is InChI=1S/C11H21ClN2O3/c1-8(9(15)13-5-6-17-4)14-10(16)11(2,3)7-12/h8H,5-7H2,1-4H3,(H,13,15)(H,14,16). The molecule has 0 aliphatic rings. The van der Waals surface area contributed by atoms with Gasteiger partial charge in [-0.15, -0.1) is 11.6 Å². The Bertz CT molecular complexity index is 269. The minimum atomic E-state index is -0.678. The van der Waals surface area contributed by atoms with Crippen LogP contribution in [0.25, 0.3) is 0 Å². The maximum Gasteiger partial charge on any atom is 0.242 e. The molecule has 17 heavy (non-hydrogen) atoms. The molecule has 2 amide bonds. The van der Waals surface area contributed by atoms with Gasteiger partial charge in [0.25, 0.3) is 0 Å². The Morgan fingerprint density at radius 1 is 1.41 bits per heavy atom. The molecule has 1 atom stereocenters. The Labute approximate surface area is 107 Å². The molecule has 0 aromatic rings. The molecule has 0 aromatic carbocycles. The Kier molecular flexibility index (Phi) is 7.15. The van der Waals surface area contributed by atoms with Gasteiger partial charge in [-0.25, -0.2) is 0 Å². The van der Waals surface area contributed by atoms with E-state index in [1.807, 2.05) is 0 Å². The third-order valence-electron chi connectivity index (χ3n) is 2.30. The van der Waals surface area contributed by atoms with Gasteiger partial charge in [0.15, 0.2) is 0 Å². The van der Waals surface area contributed by atoms with Crippen LogP contribution in [-0.4, -0.2) is 44.0 Å². The van der Waals surface area contributed by atoms with Crippen LogP contribution < -0.4 is 10.6 Å². The third kappa shape index (κ3) is 5.89. The van der Waals surface area contributed by atoms with Gasteiger partial charge in [0, 0.05) is 19.5 Å². The molecule has 0 fully saturated rings. The number of hydrogen-bond acceptors (Lipinski definition) is 3. The summed E-state index contributed by atoms with van der Waals surface area (Å²) in [6, 6.07) is -0.582. The minimum absolute atomic E-state index is 0.205. The monoisotopic (exact) mass is 264 g/mol. The second-order valence-corrected chi connectivity index (χ2v) is 4.76. The second kappa shape index (κ2) is 7.50. The molecule has 0 aromatic heterocycles. The number of alkyl halides is 1. The molecule has 0 spiro atoms. The fraction of sp³-hybridized carbons (Fsp3) is 0.818. The normalized spacial score (nSPS) is 13.0. The van der Waals surface area contributed by atoms with E-state index in [4.69, 9.17) is 16.3 Å². The molecule has 0 bridgehead atoms. The predicted molar refractivity (Wildman–Crippen MR) is 67.0 cm³/mol. The Hall–Kier alpha value is -0.810. The molecule has 6 heteroatoms. The molecule has 100 valence electrons. The fourth-order valence-electron chi connectivity index (χ4n) is 0.948. The zero-order valence-corrected chi connectivity index (χ0v) is 11.6. The zero-order valence-electron chi connectivity index (χ0n) is 10.8. The number of hydrogen-bond donors (Lipinski definition) is 2. The Morgan fingerprint density at radius 2 is 2.00 bits per heavy atom. The van der Waals surface area contributed by atoms with E-state index < -0.39 is 11.5 Å². The molecule has 5 nitrogen and oxygen atoms in total. The largest absolute Gasteiger partial charge is 0.383 e. The van der Waals surface area contributed by atoms with Crippen molar-refractivity contribution in [2.75, 3.05) is 26.1 Å². The number of ether oxygens (including phenoxy) is 1. The summed E-state index contributed by atoms with van der Waals surface area (Å²) in [7, 11) is 1.56. The number of carbonyl (C=O) groups excluding carboxylic acids is 2. The summed E-state index contributed by atoms with van der Waals surface area (Å²) in [5, 5.41) is 5.27. The fourth-order valence-corrected chi connectivity index (χ4v) is 1.07. The van der Waals surface area contributed by atoms with Crippen LogP contribution in [0.4, 0.5) is 0 Å². The van der Waals surface area contributed by atoms with E-state index >= 15 is 0 Å². The van der Waals surface area contributed by atoms with Crippen LogP contribution in [0, 0.1) is 5.41 Å². The van der Waals surface area contributed by atoms with Crippen LogP contribution >= 0.6 is 11.6 Å². The van der Waals surface area contributed by atoms with Gasteiger partial charge in [0.05, 0.1) is 12.0 Å². The van der Waals surface area contributed by atoms with Crippen LogP contribution in [0.3, 0.4) is 0 Å². The number of carbonyl (C=O) groups is 2. The highest BCUT2D eigenvalue weighted by Crippen LogP contribution is 2.16. The Balaban J connectivity index is 4.12. The van der Waals surface area contributed by atoms with E-state index in [0.717, 1.165) is 0 Å². The van der Waals surface area contributed by atoms with Crippen molar-refractivity contribution in [3.8, 4) is 0 Å². The topological polar surface area (TPSA) is 67.4 Å². The van der Waals surface area contributed by atoms with Crippen LogP contribution in [0.15, 0.2) is 0 Å². The lowest BCUT2D eigenvalue weighted by atomic mass is 9.95. The van der Waals surface area contributed by atoms with Gasteiger partial charge in [-0.3, -0.25) is 9.59 Å². The maximum atomic E-state index is 11.7. The summed E-state index contributed by atoms with van der Waals surface area (Å²) >= 11 is 5.68. The van der Waals surface area contributed by atoms with Crippen molar-refractivity contribution in [2.45, 2.75) is 26.8 Å². The van der Waals surface area contributed by atoms with Gasteiger partial charge in [-0.05, 0) is 20.8 Å². The molecule has 2 N–H and O–H groups in total. The molecule has 0 radical (unpaired) electrons. The molecule has 0 saturated heterocycles. The summed E-state index contributed by atoms with van der Waals surface area (Å²) in [4.78, 5) is 23.3.